The Morgan fingerprint density at radius 3 is 2.85 bits per heavy atom. The smallest absolute Gasteiger partial charge is 0.147 e. The van der Waals surface area contributed by atoms with Gasteiger partial charge in [-0.25, -0.2) is 4.98 Å². The molecule has 2 rings (SSSR count). The largest absolute Gasteiger partial charge is 0.330 e. The number of hydrogen-bond acceptors (Lipinski definition) is 2. The van der Waals surface area contributed by atoms with E-state index in [-0.39, 0.29) is 0 Å². The molecule has 0 bridgehead atoms. The van der Waals surface area contributed by atoms with Gasteiger partial charge in [-0.15, -0.1) is 0 Å². The summed E-state index contributed by atoms with van der Waals surface area (Å²) in [4.78, 5) is 4.00. The second-order valence-corrected chi connectivity index (χ2v) is 4.14. The summed E-state index contributed by atoms with van der Waals surface area (Å²) in [5.74, 6) is 1.16. The summed E-state index contributed by atoms with van der Waals surface area (Å²) >= 11 is 11.6. The Kier molecular flexibility index (Phi) is 2.45. The molecule has 2 atom stereocenters. The number of halogens is 2. The minimum Gasteiger partial charge on any atom is -0.330 e. The van der Waals surface area contributed by atoms with Crippen LogP contribution in [0, 0.1) is 5.92 Å². The third kappa shape index (κ3) is 1.80. The normalized spacial score (nSPS) is 26.1. The summed E-state index contributed by atoms with van der Waals surface area (Å²) in [6.45, 7) is 0.741. The maximum absolute atomic E-state index is 5.85. The molecule has 1 saturated carbocycles. The van der Waals surface area contributed by atoms with Gasteiger partial charge in [0.1, 0.15) is 5.15 Å². The minimum absolute atomic E-state index is 0.371. The van der Waals surface area contributed by atoms with Gasteiger partial charge in [0.2, 0.25) is 0 Å². The fourth-order valence-electron chi connectivity index (χ4n) is 1.56. The molecule has 2 N–H and O–H groups in total. The van der Waals surface area contributed by atoms with E-state index in [0.29, 0.717) is 22.0 Å². The highest BCUT2D eigenvalue weighted by molar-refractivity contribution is 6.41. The van der Waals surface area contributed by atoms with Crippen molar-refractivity contribution in [2.24, 2.45) is 11.7 Å². The van der Waals surface area contributed by atoms with Crippen LogP contribution in [0.3, 0.4) is 0 Å². The Labute approximate surface area is 87.1 Å². The van der Waals surface area contributed by atoms with Crippen LogP contribution in [0.2, 0.25) is 10.2 Å². The fraction of sp³-hybridized carbons (Fsp3) is 0.444. The Hall–Kier alpha value is -0.310. The predicted molar refractivity (Wildman–Crippen MR) is 54.2 cm³/mol. The van der Waals surface area contributed by atoms with E-state index in [9.17, 15) is 0 Å². The highest BCUT2D eigenvalue weighted by Crippen LogP contribution is 2.47. The Morgan fingerprint density at radius 1 is 1.54 bits per heavy atom. The van der Waals surface area contributed by atoms with Crippen LogP contribution in [0.4, 0.5) is 0 Å². The van der Waals surface area contributed by atoms with Crippen molar-refractivity contribution in [2.75, 3.05) is 6.54 Å². The van der Waals surface area contributed by atoms with E-state index in [0.717, 1.165) is 18.5 Å². The van der Waals surface area contributed by atoms with Crippen LogP contribution in [-0.2, 0) is 0 Å². The maximum atomic E-state index is 5.85. The first-order chi connectivity index (χ1) is 6.22. The molecule has 1 heterocycles. The molecule has 0 saturated heterocycles. The van der Waals surface area contributed by atoms with Gasteiger partial charge >= 0.3 is 0 Å². The zero-order valence-corrected chi connectivity index (χ0v) is 8.52. The monoisotopic (exact) mass is 216 g/mol. The molecule has 13 heavy (non-hydrogen) atoms. The van der Waals surface area contributed by atoms with Crippen molar-refractivity contribution in [1.29, 1.82) is 0 Å². The van der Waals surface area contributed by atoms with Gasteiger partial charge in [-0.3, -0.25) is 0 Å². The van der Waals surface area contributed by atoms with Crippen LogP contribution < -0.4 is 5.73 Å². The lowest BCUT2D eigenvalue weighted by atomic mass is 10.1. The number of aromatic nitrogens is 1. The van der Waals surface area contributed by atoms with E-state index >= 15 is 0 Å². The first-order valence-corrected chi connectivity index (χ1v) is 4.99. The first-order valence-electron chi connectivity index (χ1n) is 4.23. The number of pyridine rings is 1. The molecule has 0 aromatic carbocycles. The number of nitrogens with zero attached hydrogens (tertiary/aromatic N) is 1. The Bertz CT molecular complexity index is 327. The molecule has 0 radical (unpaired) electrons. The van der Waals surface area contributed by atoms with Gasteiger partial charge in [0.15, 0.2) is 0 Å². The number of nitrogens with two attached hydrogens (primary N) is 1. The van der Waals surface area contributed by atoms with Crippen LogP contribution in [0.5, 0.6) is 0 Å². The van der Waals surface area contributed by atoms with Gasteiger partial charge in [0.05, 0.1) is 5.02 Å². The molecular weight excluding hydrogens is 207 g/mol. The second kappa shape index (κ2) is 3.45. The zero-order valence-electron chi connectivity index (χ0n) is 7.00. The highest BCUT2D eigenvalue weighted by Gasteiger charge is 2.37. The van der Waals surface area contributed by atoms with Gasteiger partial charge in [0.25, 0.3) is 0 Å². The lowest BCUT2D eigenvalue weighted by Crippen LogP contribution is -2.02. The Balaban J connectivity index is 2.19. The van der Waals surface area contributed by atoms with E-state index in [2.05, 4.69) is 4.98 Å². The van der Waals surface area contributed by atoms with Gasteiger partial charge in [-0.05, 0) is 36.4 Å². The summed E-state index contributed by atoms with van der Waals surface area (Å²) in [7, 11) is 0. The highest BCUT2D eigenvalue weighted by atomic mass is 35.5. The fourth-order valence-corrected chi connectivity index (χ4v) is 1.83. The second-order valence-electron chi connectivity index (χ2n) is 3.38. The van der Waals surface area contributed by atoms with Crippen molar-refractivity contribution in [3.8, 4) is 0 Å². The predicted octanol–water partition coefficient (Wildman–Crippen LogP) is 2.45. The van der Waals surface area contributed by atoms with E-state index in [4.69, 9.17) is 28.9 Å². The molecule has 1 aliphatic rings. The summed E-state index contributed by atoms with van der Waals surface area (Å²) < 4.78 is 0. The molecule has 70 valence electrons. The quantitative estimate of drug-likeness (QED) is 0.772. The molecule has 1 aliphatic carbocycles. The topological polar surface area (TPSA) is 38.9 Å². The first kappa shape index (κ1) is 9.25. The van der Waals surface area contributed by atoms with Gasteiger partial charge in [-0.2, -0.15) is 0 Å². The van der Waals surface area contributed by atoms with E-state index in [1.165, 1.54) is 0 Å². The molecular formula is C9H10Cl2N2. The maximum Gasteiger partial charge on any atom is 0.147 e. The summed E-state index contributed by atoms with van der Waals surface area (Å²) in [5.41, 5.74) is 6.71. The average Bonchev–Trinajstić information content (AvgIpc) is 2.88. The van der Waals surface area contributed by atoms with Crippen LogP contribution in [0.1, 0.15) is 17.9 Å². The summed E-state index contributed by atoms with van der Waals surface area (Å²) in [5, 5.41) is 0.900. The summed E-state index contributed by atoms with van der Waals surface area (Å²) in [6.07, 6.45) is 2.94. The van der Waals surface area contributed by atoms with E-state index in [1.54, 1.807) is 6.20 Å². The van der Waals surface area contributed by atoms with E-state index in [1.807, 2.05) is 6.07 Å². The molecule has 1 fully saturated rings. The molecule has 0 aliphatic heterocycles. The van der Waals surface area contributed by atoms with Crippen molar-refractivity contribution in [2.45, 2.75) is 12.3 Å². The summed E-state index contributed by atoms with van der Waals surface area (Å²) in [6, 6.07) is 1.89. The zero-order chi connectivity index (χ0) is 9.42. The van der Waals surface area contributed by atoms with Crippen molar-refractivity contribution >= 4 is 23.2 Å². The van der Waals surface area contributed by atoms with Crippen molar-refractivity contribution in [1.82, 2.24) is 4.98 Å². The molecule has 1 aromatic rings. The van der Waals surface area contributed by atoms with Gasteiger partial charge in [0, 0.05) is 6.20 Å². The van der Waals surface area contributed by atoms with Crippen molar-refractivity contribution < 1.29 is 0 Å². The minimum atomic E-state index is 0.371. The molecule has 2 nitrogen and oxygen atoms in total. The van der Waals surface area contributed by atoms with Crippen LogP contribution >= 0.6 is 23.2 Å². The average molecular weight is 217 g/mol. The number of hydrogen-bond donors (Lipinski definition) is 1. The molecule has 0 amide bonds. The molecule has 2 unspecified atom stereocenters. The van der Waals surface area contributed by atoms with Gasteiger partial charge < -0.3 is 5.73 Å². The number of rotatable bonds is 2. The van der Waals surface area contributed by atoms with Crippen LogP contribution in [-0.4, -0.2) is 11.5 Å². The third-order valence-electron chi connectivity index (χ3n) is 2.47. The lowest BCUT2D eigenvalue weighted by Gasteiger charge is -2.00. The SMILES string of the molecule is NCC1CC1c1cnc(Cl)c(Cl)c1. The standard InChI is InChI=1S/C9H10Cl2N2/c10-8-2-6(4-13-9(8)11)7-1-5(7)3-12/h2,4-5,7H,1,3,12H2. The van der Waals surface area contributed by atoms with E-state index < -0.39 is 0 Å². The van der Waals surface area contributed by atoms with Crippen LogP contribution in [0.15, 0.2) is 12.3 Å². The van der Waals surface area contributed by atoms with Crippen molar-refractivity contribution in [3.05, 3.63) is 28.0 Å². The third-order valence-corrected chi connectivity index (χ3v) is 3.16. The molecule has 0 spiro atoms. The lowest BCUT2D eigenvalue weighted by molar-refractivity contribution is 0.808. The van der Waals surface area contributed by atoms with Crippen molar-refractivity contribution in [3.63, 3.8) is 0 Å². The van der Waals surface area contributed by atoms with Gasteiger partial charge in [-0.1, -0.05) is 23.2 Å². The molecule has 4 heteroatoms. The Morgan fingerprint density at radius 2 is 2.31 bits per heavy atom. The van der Waals surface area contributed by atoms with Crippen LogP contribution in [0.25, 0.3) is 0 Å². The molecule has 1 aromatic heterocycles.